The van der Waals surface area contributed by atoms with Crippen LogP contribution >= 0.6 is 0 Å². The van der Waals surface area contributed by atoms with Crippen molar-refractivity contribution in [3.8, 4) is 0 Å². The lowest BCUT2D eigenvalue weighted by Crippen LogP contribution is -2.40. The molecule has 5 nitrogen and oxygen atoms in total. The van der Waals surface area contributed by atoms with Gasteiger partial charge in [0.15, 0.2) is 0 Å². The highest BCUT2D eigenvalue weighted by Gasteiger charge is 2.28. The smallest absolute Gasteiger partial charge is 0.315 e. The van der Waals surface area contributed by atoms with Crippen LogP contribution in [0.5, 0.6) is 0 Å². The zero-order valence-electron chi connectivity index (χ0n) is 11.7. The van der Waals surface area contributed by atoms with Gasteiger partial charge < -0.3 is 16.0 Å². The summed E-state index contributed by atoms with van der Waals surface area (Å²) in [5.74, 6) is 0.317. The summed E-state index contributed by atoms with van der Waals surface area (Å²) in [6.07, 6.45) is 1.99. The first-order chi connectivity index (χ1) is 9.65. The molecule has 1 aromatic rings. The molecule has 0 bridgehead atoms. The largest absolute Gasteiger partial charge is 0.354 e. The van der Waals surface area contributed by atoms with Crippen LogP contribution in [0.25, 0.3) is 0 Å². The number of aryl methyl sites for hydroxylation is 1. The monoisotopic (exact) mass is 275 g/mol. The zero-order chi connectivity index (χ0) is 14.4. The van der Waals surface area contributed by atoms with E-state index in [1.165, 1.54) is 5.56 Å². The molecule has 0 aromatic heterocycles. The van der Waals surface area contributed by atoms with Gasteiger partial charge in [0, 0.05) is 25.6 Å². The van der Waals surface area contributed by atoms with Crippen molar-refractivity contribution in [3.05, 3.63) is 35.4 Å². The molecule has 0 heterocycles. The molecule has 2 rings (SSSR count). The summed E-state index contributed by atoms with van der Waals surface area (Å²) in [6.45, 7) is 3.45. The van der Waals surface area contributed by atoms with E-state index in [1.54, 1.807) is 0 Å². The molecule has 5 heteroatoms. The third kappa shape index (κ3) is 4.91. The van der Waals surface area contributed by atoms with Crippen LogP contribution in [-0.4, -0.2) is 25.0 Å². The zero-order valence-corrected chi connectivity index (χ0v) is 11.7. The minimum absolute atomic E-state index is 0.104. The molecular formula is C15H21N3O2. The number of rotatable bonds is 6. The molecule has 0 spiro atoms. The summed E-state index contributed by atoms with van der Waals surface area (Å²) in [4.78, 5) is 22.9. The Morgan fingerprint density at radius 2 is 1.70 bits per heavy atom. The van der Waals surface area contributed by atoms with Crippen molar-refractivity contribution in [3.63, 3.8) is 0 Å². The number of carbonyl (C=O) groups excluding carboxylic acids is 2. The van der Waals surface area contributed by atoms with Crippen molar-refractivity contribution in [1.82, 2.24) is 16.0 Å². The first-order valence-electron chi connectivity index (χ1n) is 7.00. The van der Waals surface area contributed by atoms with Gasteiger partial charge in [0.2, 0.25) is 5.91 Å². The van der Waals surface area contributed by atoms with Gasteiger partial charge in [-0.1, -0.05) is 29.8 Å². The summed E-state index contributed by atoms with van der Waals surface area (Å²) in [5.41, 5.74) is 2.26. The van der Waals surface area contributed by atoms with Crippen molar-refractivity contribution >= 4 is 11.9 Å². The van der Waals surface area contributed by atoms with E-state index in [0.29, 0.717) is 19.6 Å². The molecule has 1 aromatic carbocycles. The summed E-state index contributed by atoms with van der Waals surface area (Å²) < 4.78 is 0. The lowest BCUT2D eigenvalue weighted by molar-refractivity contribution is -0.122. The fourth-order valence-corrected chi connectivity index (χ4v) is 1.80. The molecule has 0 aliphatic heterocycles. The van der Waals surface area contributed by atoms with Crippen molar-refractivity contribution in [2.45, 2.75) is 26.3 Å². The van der Waals surface area contributed by atoms with E-state index in [4.69, 9.17) is 0 Å². The quantitative estimate of drug-likeness (QED) is 0.685. The third-order valence-corrected chi connectivity index (χ3v) is 3.23. The number of amides is 3. The second kappa shape index (κ2) is 6.93. The Bertz CT molecular complexity index is 467. The van der Waals surface area contributed by atoms with E-state index >= 15 is 0 Å². The number of hydrogen-bond donors (Lipinski definition) is 3. The average Bonchev–Trinajstić information content (AvgIpc) is 3.27. The Morgan fingerprint density at radius 3 is 2.35 bits per heavy atom. The third-order valence-electron chi connectivity index (χ3n) is 3.23. The molecule has 1 fully saturated rings. The summed E-state index contributed by atoms with van der Waals surface area (Å²) >= 11 is 0. The number of hydrogen-bond acceptors (Lipinski definition) is 2. The number of nitrogens with one attached hydrogen (secondary N) is 3. The van der Waals surface area contributed by atoms with Crippen molar-refractivity contribution in [2.24, 2.45) is 5.92 Å². The Kier molecular flexibility index (Phi) is 4.98. The van der Waals surface area contributed by atoms with Gasteiger partial charge >= 0.3 is 6.03 Å². The van der Waals surface area contributed by atoms with Gasteiger partial charge in [-0.25, -0.2) is 4.79 Å². The normalized spacial score (nSPS) is 13.7. The Labute approximate surface area is 119 Å². The van der Waals surface area contributed by atoms with Gasteiger partial charge in [0.1, 0.15) is 0 Å². The highest BCUT2D eigenvalue weighted by atomic mass is 16.2. The van der Waals surface area contributed by atoms with E-state index in [9.17, 15) is 9.59 Å². The molecule has 3 amide bonds. The van der Waals surface area contributed by atoms with Crippen LogP contribution in [0.4, 0.5) is 4.79 Å². The van der Waals surface area contributed by atoms with Crippen LogP contribution in [0, 0.1) is 12.8 Å². The number of urea groups is 1. The number of benzene rings is 1. The second-order valence-corrected chi connectivity index (χ2v) is 5.16. The highest BCUT2D eigenvalue weighted by Crippen LogP contribution is 2.28. The topological polar surface area (TPSA) is 70.2 Å². The lowest BCUT2D eigenvalue weighted by atomic mass is 10.1. The van der Waals surface area contributed by atoms with Crippen LogP contribution in [0.15, 0.2) is 24.3 Å². The Morgan fingerprint density at radius 1 is 1.05 bits per heavy atom. The van der Waals surface area contributed by atoms with Crippen LogP contribution in [0.3, 0.4) is 0 Å². The standard InChI is InChI=1S/C15H21N3O2/c1-11-2-4-12(5-3-11)10-18-15(20)17-9-8-16-14(19)13-6-7-13/h2-5,13H,6-10H2,1H3,(H,16,19)(H2,17,18,20). The number of carbonyl (C=O) groups is 2. The van der Waals surface area contributed by atoms with Crippen molar-refractivity contribution < 1.29 is 9.59 Å². The molecule has 3 N–H and O–H groups in total. The van der Waals surface area contributed by atoms with Crippen LogP contribution < -0.4 is 16.0 Å². The van der Waals surface area contributed by atoms with Gasteiger partial charge in [-0.15, -0.1) is 0 Å². The van der Waals surface area contributed by atoms with E-state index in [1.807, 2.05) is 31.2 Å². The van der Waals surface area contributed by atoms with Gasteiger partial charge in [-0.3, -0.25) is 4.79 Å². The van der Waals surface area contributed by atoms with Crippen molar-refractivity contribution in [2.75, 3.05) is 13.1 Å². The average molecular weight is 275 g/mol. The van der Waals surface area contributed by atoms with Crippen LogP contribution in [0.2, 0.25) is 0 Å². The molecule has 20 heavy (non-hydrogen) atoms. The molecule has 1 aliphatic rings. The minimum atomic E-state index is -0.216. The molecule has 0 atom stereocenters. The predicted octanol–water partition coefficient (Wildman–Crippen LogP) is 1.32. The maximum atomic E-state index is 11.5. The van der Waals surface area contributed by atoms with Gasteiger partial charge in [0.05, 0.1) is 0 Å². The molecule has 0 radical (unpaired) electrons. The van der Waals surface area contributed by atoms with Gasteiger partial charge in [0.25, 0.3) is 0 Å². The molecule has 1 aliphatic carbocycles. The molecule has 0 saturated heterocycles. The molecule has 1 saturated carbocycles. The first kappa shape index (κ1) is 14.4. The predicted molar refractivity (Wildman–Crippen MR) is 77.2 cm³/mol. The lowest BCUT2D eigenvalue weighted by Gasteiger charge is -2.08. The Balaban J connectivity index is 1.55. The van der Waals surface area contributed by atoms with Crippen molar-refractivity contribution in [1.29, 1.82) is 0 Å². The highest BCUT2D eigenvalue weighted by molar-refractivity contribution is 5.80. The first-order valence-corrected chi connectivity index (χ1v) is 7.00. The van der Waals surface area contributed by atoms with Gasteiger partial charge in [-0.05, 0) is 25.3 Å². The molecule has 0 unspecified atom stereocenters. The summed E-state index contributed by atoms with van der Waals surface area (Å²) in [6, 6.07) is 7.80. The van der Waals surface area contributed by atoms with E-state index in [-0.39, 0.29) is 17.9 Å². The fraction of sp³-hybridized carbons (Fsp3) is 0.467. The minimum Gasteiger partial charge on any atom is -0.354 e. The van der Waals surface area contributed by atoms with E-state index in [0.717, 1.165) is 18.4 Å². The van der Waals surface area contributed by atoms with Crippen LogP contribution in [0.1, 0.15) is 24.0 Å². The maximum absolute atomic E-state index is 11.5. The fourth-order valence-electron chi connectivity index (χ4n) is 1.80. The maximum Gasteiger partial charge on any atom is 0.315 e. The molecular weight excluding hydrogens is 254 g/mol. The summed E-state index contributed by atoms with van der Waals surface area (Å²) in [5, 5.41) is 8.29. The van der Waals surface area contributed by atoms with Gasteiger partial charge in [-0.2, -0.15) is 0 Å². The van der Waals surface area contributed by atoms with E-state index < -0.39 is 0 Å². The SMILES string of the molecule is Cc1ccc(CNC(=O)NCCNC(=O)C2CC2)cc1. The molecule has 108 valence electrons. The Hall–Kier alpha value is -2.04. The van der Waals surface area contributed by atoms with E-state index in [2.05, 4.69) is 16.0 Å². The summed E-state index contributed by atoms with van der Waals surface area (Å²) in [7, 11) is 0. The van der Waals surface area contributed by atoms with Crippen LogP contribution in [-0.2, 0) is 11.3 Å². The second-order valence-electron chi connectivity index (χ2n) is 5.16.